The lowest BCUT2D eigenvalue weighted by atomic mass is 10.1. The second-order valence-corrected chi connectivity index (χ2v) is 4.26. The van der Waals surface area contributed by atoms with Crippen LogP contribution in [0.5, 0.6) is 11.5 Å². The van der Waals surface area contributed by atoms with Crippen LogP contribution in [0.3, 0.4) is 0 Å². The first-order valence-electron chi connectivity index (χ1n) is 6.46. The lowest BCUT2D eigenvalue weighted by molar-refractivity contribution is 0.0884. The second-order valence-electron chi connectivity index (χ2n) is 4.26. The summed E-state index contributed by atoms with van der Waals surface area (Å²) < 4.78 is 16.4. The highest BCUT2D eigenvalue weighted by molar-refractivity contribution is 5.44. The van der Waals surface area contributed by atoms with Gasteiger partial charge in [-0.05, 0) is 24.6 Å². The molecule has 0 amide bonds. The molecule has 100 valence electrons. The topological polar surface area (TPSA) is 47.9 Å². The molecule has 4 nitrogen and oxygen atoms in total. The van der Waals surface area contributed by atoms with E-state index in [1.54, 1.807) is 0 Å². The summed E-state index contributed by atoms with van der Waals surface area (Å²) in [5, 5.41) is 10.0. The fourth-order valence-corrected chi connectivity index (χ4v) is 1.89. The van der Waals surface area contributed by atoms with Gasteiger partial charge in [0.25, 0.3) is 0 Å². The summed E-state index contributed by atoms with van der Waals surface area (Å²) in [7, 11) is 0. The molecule has 1 aliphatic heterocycles. The molecule has 1 aromatic carbocycles. The molecule has 1 unspecified atom stereocenters. The highest BCUT2D eigenvalue weighted by Gasteiger charge is 2.14. The summed E-state index contributed by atoms with van der Waals surface area (Å²) in [5.41, 5.74) is 0.846. The average Bonchev–Trinajstić information content (AvgIpc) is 2.63. The van der Waals surface area contributed by atoms with Gasteiger partial charge in [-0.2, -0.15) is 0 Å². The van der Waals surface area contributed by atoms with Crippen LogP contribution in [0.15, 0.2) is 18.2 Å². The molecule has 4 heteroatoms. The molecule has 1 aromatic rings. The Morgan fingerprint density at radius 1 is 1.28 bits per heavy atom. The van der Waals surface area contributed by atoms with Gasteiger partial charge in [-0.3, -0.25) is 0 Å². The largest absolute Gasteiger partial charge is 0.490 e. The number of rotatable bonds is 5. The molecule has 0 aromatic heterocycles. The number of ether oxygens (including phenoxy) is 3. The maximum Gasteiger partial charge on any atom is 0.161 e. The maximum absolute atomic E-state index is 10.0. The van der Waals surface area contributed by atoms with E-state index in [9.17, 15) is 5.11 Å². The molecule has 1 heterocycles. The van der Waals surface area contributed by atoms with E-state index < -0.39 is 6.10 Å². The molecule has 0 spiro atoms. The third-order valence-corrected chi connectivity index (χ3v) is 2.90. The summed E-state index contributed by atoms with van der Waals surface area (Å²) in [4.78, 5) is 0. The molecule has 0 saturated carbocycles. The van der Waals surface area contributed by atoms with E-state index in [0.717, 1.165) is 23.5 Å². The number of aliphatic hydroxyl groups excluding tert-OH is 1. The molecular formula is C14H20O4. The number of benzene rings is 1. The third kappa shape index (κ3) is 3.37. The molecule has 0 saturated heterocycles. The summed E-state index contributed by atoms with van der Waals surface area (Å²) in [6.45, 7) is 4.52. The Labute approximate surface area is 107 Å². The normalized spacial score (nSPS) is 16.1. The van der Waals surface area contributed by atoms with Gasteiger partial charge in [-0.25, -0.2) is 0 Å². The smallest absolute Gasteiger partial charge is 0.161 e. The fourth-order valence-electron chi connectivity index (χ4n) is 1.89. The van der Waals surface area contributed by atoms with Crippen molar-refractivity contribution < 1.29 is 19.3 Å². The zero-order valence-corrected chi connectivity index (χ0v) is 10.7. The quantitative estimate of drug-likeness (QED) is 0.817. The number of fused-ring (bicyclic) bond motifs is 1. The zero-order chi connectivity index (χ0) is 12.8. The van der Waals surface area contributed by atoms with Crippen LogP contribution in [0, 0.1) is 0 Å². The molecule has 0 radical (unpaired) electrons. The van der Waals surface area contributed by atoms with Crippen molar-refractivity contribution in [3.05, 3.63) is 23.8 Å². The highest BCUT2D eigenvalue weighted by Crippen LogP contribution is 2.32. The van der Waals surface area contributed by atoms with Gasteiger partial charge in [0.1, 0.15) is 0 Å². The van der Waals surface area contributed by atoms with Gasteiger partial charge >= 0.3 is 0 Å². The average molecular weight is 252 g/mol. The van der Waals surface area contributed by atoms with Gasteiger partial charge in [0.15, 0.2) is 11.5 Å². The van der Waals surface area contributed by atoms with Crippen LogP contribution in [0.2, 0.25) is 0 Å². The molecule has 1 atom stereocenters. The molecule has 1 N–H and O–H groups in total. The minimum absolute atomic E-state index is 0.520. The third-order valence-electron chi connectivity index (χ3n) is 2.90. The van der Waals surface area contributed by atoms with Gasteiger partial charge in [0.05, 0.1) is 19.3 Å². The van der Waals surface area contributed by atoms with Crippen molar-refractivity contribution >= 4 is 0 Å². The van der Waals surface area contributed by atoms with Crippen LogP contribution in [0.4, 0.5) is 0 Å². The van der Waals surface area contributed by atoms with Crippen LogP contribution in [-0.2, 0) is 4.74 Å². The van der Waals surface area contributed by atoms with E-state index in [1.165, 1.54) is 0 Å². The van der Waals surface area contributed by atoms with Crippen LogP contribution in [0.1, 0.15) is 31.4 Å². The summed E-state index contributed by atoms with van der Waals surface area (Å²) in [6, 6.07) is 5.60. The van der Waals surface area contributed by atoms with Gasteiger partial charge in [0.2, 0.25) is 0 Å². The lowest BCUT2D eigenvalue weighted by Gasteiger charge is -2.14. The van der Waals surface area contributed by atoms with Crippen LogP contribution in [-0.4, -0.2) is 31.5 Å². The van der Waals surface area contributed by atoms with Crippen LogP contribution >= 0.6 is 0 Å². The second kappa shape index (κ2) is 6.61. The first-order valence-corrected chi connectivity index (χ1v) is 6.46. The Hall–Kier alpha value is -1.26. The molecule has 18 heavy (non-hydrogen) atoms. The van der Waals surface area contributed by atoms with E-state index in [4.69, 9.17) is 14.2 Å². The first kappa shape index (κ1) is 13.2. The molecular weight excluding hydrogens is 232 g/mol. The van der Waals surface area contributed by atoms with Crippen molar-refractivity contribution in [2.45, 2.75) is 25.9 Å². The van der Waals surface area contributed by atoms with Crippen molar-refractivity contribution in [2.24, 2.45) is 0 Å². The molecule has 1 aliphatic rings. The Bertz CT molecular complexity index is 378. The summed E-state index contributed by atoms with van der Waals surface area (Å²) in [5.74, 6) is 1.48. The molecule has 0 fully saturated rings. The SMILES string of the molecule is CCOCCC(O)c1ccc2c(c1)OCCCO2. The van der Waals surface area contributed by atoms with Crippen molar-refractivity contribution in [3.8, 4) is 11.5 Å². The van der Waals surface area contributed by atoms with E-state index in [-0.39, 0.29) is 0 Å². The zero-order valence-electron chi connectivity index (χ0n) is 10.7. The number of aliphatic hydroxyl groups is 1. The Morgan fingerprint density at radius 2 is 2.06 bits per heavy atom. The highest BCUT2D eigenvalue weighted by atomic mass is 16.5. The van der Waals surface area contributed by atoms with Crippen molar-refractivity contribution in [1.82, 2.24) is 0 Å². The predicted octanol–water partition coefficient (Wildman–Crippen LogP) is 2.31. The van der Waals surface area contributed by atoms with Crippen molar-refractivity contribution in [1.29, 1.82) is 0 Å². The Morgan fingerprint density at radius 3 is 2.83 bits per heavy atom. The van der Waals surface area contributed by atoms with E-state index in [0.29, 0.717) is 32.8 Å². The van der Waals surface area contributed by atoms with Crippen LogP contribution < -0.4 is 9.47 Å². The fraction of sp³-hybridized carbons (Fsp3) is 0.571. The number of hydrogen-bond donors (Lipinski definition) is 1. The Balaban J connectivity index is 2.02. The van der Waals surface area contributed by atoms with Gasteiger partial charge in [0, 0.05) is 26.1 Å². The van der Waals surface area contributed by atoms with Crippen molar-refractivity contribution in [2.75, 3.05) is 26.4 Å². The van der Waals surface area contributed by atoms with E-state index in [2.05, 4.69) is 0 Å². The van der Waals surface area contributed by atoms with Gasteiger partial charge in [-0.1, -0.05) is 6.07 Å². The molecule has 2 rings (SSSR count). The molecule has 0 aliphatic carbocycles. The van der Waals surface area contributed by atoms with Crippen LogP contribution in [0.25, 0.3) is 0 Å². The maximum atomic E-state index is 10.0. The van der Waals surface area contributed by atoms with E-state index in [1.807, 2.05) is 25.1 Å². The van der Waals surface area contributed by atoms with E-state index >= 15 is 0 Å². The minimum atomic E-state index is -0.520. The molecule has 0 bridgehead atoms. The lowest BCUT2D eigenvalue weighted by Crippen LogP contribution is -2.04. The van der Waals surface area contributed by atoms with Crippen molar-refractivity contribution in [3.63, 3.8) is 0 Å². The predicted molar refractivity (Wildman–Crippen MR) is 68.1 cm³/mol. The number of hydrogen-bond acceptors (Lipinski definition) is 4. The summed E-state index contributed by atoms with van der Waals surface area (Å²) in [6.07, 6.45) is 0.957. The monoisotopic (exact) mass is 252 g/mol. The minimum Gasteiger partial charge on any atom is -0.490 e. The van der Waals surface area contributed by atoms with Gasteiger partial charge in [-0.15, -0.1) is 0 Å². The summed E-state index contributed by atoms with van der Waals surface area (Å²) >= 11 is 0. The first-order chi connectivity index (χ1) is 8.81. The van der Waals surface area contributed by atoms with Gasteiger partial charge < -0.3 is 19.3 Å². The Kier molecular flexibility index (Phi) is 4.84. The standard InChI is InChI=1S/C14H20O4/c1-2-16-9-6-12(15)11-4-5-13-14(10-11)18-8-3-7-17-13/h4-5,10,12,15H,2-3,6-9H2,1H3.